The molecule has 6 aliphatic carbocycles. The molecule has 0 radical (unpaired) electrons. The molecule has 0 saturated heterocycles. The molecule has 8 nitrogen and oxygen atoms in total. The molecule has 6 aliphatic rings. The third-order valence-electron chi connectivity index (χ3n) is 14.4. The van der Waals surface area contributed by atoms with E-state index in [0.717, 1.165) is 70.6 Å². The molecule has 6 saturated carbocycles. The average molecular weight is 641 g/mol. The molecule has 16 unspecified atom stereocenters. The molecular weight excluding hydrogens is 579 g/mol. The van der Waals surface area contributed by atoms with Crippen LogP contribution in [0.15, 0.2) is 0 Å². The van der Waals surface area contributed by atoms with Gasteiger partial charge in [0, 0.05) is 24.9 Å². The van der Waals surface area contributed by atoms with Gasteiger partial charge in [-0.15, -0.1) is 0 Å². The minimum absolute atomic E-state index is 0.0529. The van der Waals surface area contributed by atoms with Crippen molar-refractivity contribution in [1.29, 1.82) is 0 Å². The van der Waals surface area contributed by atoms with Crippen molar-refractivity contribution in [1.82, 2.24) is 0 Å². The smallest absolute Gasteiger partial charge is 0.120 e. The minimum Gasteiger partial charge on any atom is -0.393 e. The SMILES string of the molecule is COC1CCC(CCCC2CCCC(F)C2)CC1C1CCC(O)C2C(O)C3C(O)[C@]4(O)C(O)C(C(C)O)C(O)C[C@@H]4C[C@@H]3CC12. The summed E-state index contributed by atoms with van der Waals surface area (Å²) >= 11 is 0. The number of alkyl halides is 1. The largest absolute Gasteiger partial charge is 0.393 e. The van der Waals surface area contributed by atoms with Crippen molar-refractivity contribution >= 4 is 0 Å². The van der Waals surface area contributed by atoms with Crippen molar-refractivity contribution in [2.75, 3.05) is 7.11 Å². The van der Waals surface area contributed by atoms with Crippen LogP contribution in [0.5, 0.6) is 0 Å². The van der Waals surface area contributed by atoms with Gasteiger partial charge in [0.05, 0.1) is 42.7 Å². The van der Waals surface area contributed by atoms with Crippen molar-refractivity contribution in [3.63, 3.8) is 0 Å². The number of aliphatic hydroxyl groups excluding tert-OH is 6. The predicted molar refractivity (Wildman–Crippen MR) is 167 cm³/mol. The second-order valence-electron chi connectivity index (χ2n) is 16.6. The Bertz CT molecular complexity index is 985. The first kappa shape index (κ1) is 34.5. The number of hydrogen-bond acceptors (Lipinski definition) is 8. The highest BCUT2D eigenvalue weighted by molar-refractivity contribution is 5.16. The third-order valence-corrected chi connectivity index (χ3v) is 14.4. The molecule has 0 aromatic carbocycles. The fourth-order valence-corrected chi connectivity index (χ4v) is 12.2. The second-order valence-corrected chi connectivity index (χ2v) is 16.6. The molecule has 0 spiro atoms. The summed E-state index contributed by atoms with van der Waals surface area (Å²) in [5.74, 6) is -1.06. The van der Waals surface area contributed by atoms with Gasteiger partial charge >= 0.3 is 0 Å². The molecule has 9 heteroatoms. The Balaban J connectivity index is 1.18. The average Bonchev–Trinajstić information content (AvgIpc) is 2.99. The summed E-state index contributed by atoms with van der Waals surface area (Å²) in [5.41, 5.74) is -1.95. The van der Waals surface area contributed by atoms with E-state index in [9.17, 15) is 40.1 Å². The number of hydrogen-bond donors (Lipinski definition) is 7. The van der Waals surface area contributed by atoms with E-state index in [1.165, 1.54) is 6.92 Å². The van der Waals surface area contributed by atoms with Gasteiger partial charge in [-0.05, 0) is 113 Å². The van der Waals surface area contributed by atoms with Crippen LogP contribution in [0.3, 0.4) is 0 Å². The van der Waals surface area contributed by atoms with Crippen LogP contribution in [-0.2, 0) is 4.74 Å². The Morgan fingerprint density at radius 1 is 0.756 bits per heavy atom. The zero-order valence-corrected chi connectivity index (χ0v) is 27.4. The van der Waals surface area contributed by atoms with Gasteiger partial charge in [-0.25, -0.2) is 4.39 Å². The van der Waals surface area contributed by atoms with Crippen LogP contribution in [-0.4, -0.2) is 97.4 Å². The molecule has 0 aromatic rings. The Kier molecular flexibility index (Phi) is 10.6. The molecular formula is C36H61FO8. The van der Waals surface area contributed by atoms with Crippen LogP contribution in [0.4, 0.5) is 4.39 Å². The van der Waals surface area contributed by atoms with Gasteiger partial charge in [-0.1, -0.05) is 32.1 Å². The number of aliphatic hydroxyl groups is 7. The second kappa shape index (κ2) is 13.9. The maximum absolute atomic E-state index is 13.9. The summed E-state index contributed by atoms with van der Waals surface area (Å²) in [6.07, 6.45) is 5.72. The van der Waals surface area contributed by atoms with Crippen LogP contribution in [0.2, 0.25) is 0 Å². The quantitative estimate of drug-likeness (QED) is 0.224. The zero-order valence-electron chi connectivity index (χ0n) is 27.4. The van der Waals surface area contributed by atoms with Crippen LogP contribution in [0.25, 0.3) is 0 Å². The van der Waals surface area contributed by atoms with Crippen molar-refractivity contribution < 1.29 is 44.9 Å². The number of ether oxygens (including phenoxy) is 1. The summed E-state index contributed by atoms with van der Waals surface area (Å²) in [6, 6.07) is 0. The lowest BCUT2D eigenvalue weighted by Crippen LogP contribution is -2.73. The van der Waals surface area contributed by atoms with Gasteiger partial charge in [-0.2, -0.15) is 0 Å². The van der Waals surface area contributed by atoms with E-state index in [1.807, 2.05) is 0 Å². The van der Waals surface area contributed by atoms with E-state index in [4.69, 9.17) is 4.74 Å². The van der Waals surface area contributed by atoms with E-state index in [-0.39, 0.29) is 30.3 Å². The Morgan fingerprint density at radius 3 is 2.18 bits per heavy atom. The molecule has 260 valence electrons. The summed E-state index contributed by atoms with van der Waals surface area (Å²) < 4.78 is 20.0. The highest BCUT2D eigenvalue weighted by Crippen LogP contribution is 2.60. The van der Waals surface area contributed by atoms with Crippen molar-refractivity contribution in [2.24, 2.45) is 59.2 Å². The predicted octanol–water partition coefficient (Wildman–Crippen LogP) is 3.35. The first-order valence-corrected chi connectivity index (χ1v) is 18.4. The molecule has 19 atom stereocenters. The molecule has 0 aliphatic heterocycles. The first-order chi connectivity index (χ1) is 21.4. The molecule has 0 amide bonds. The summed E-state index contributed by atoms with van der Waals surface area (Å²) in [5, 5.41) is 79.2. The number of methoxy groups -OCH3 is 1. The van der Waals surface area contributed by atoms with Crippen LogP contribution < -0.4 is 0 Å². The van der Waals surface area contributed by atoms with Crippen LogP contribution in [0, 0.1) is 59.2 Å². The lowest BCUT2D eigenvalue weighted by atomic mass is 9.47. The summed E-state index contributed by atoms with van der Waals surface area (Å²) in [6.45, 7) is 1.47. The lowest BCUT2D eigenvalue weighted by molar-refractivity contribution is -0.295. The fraction of sp³-hybridized carbons (Fsp3) is 1.00. The topological polar surface area (TPSA) is 151 Å². The number of rotatable bonds is 7. The van der Waals surface area contributed by atoms with Gasteiger partial charge in [0.25, 0.3) is 0 Å². The lowest BCUT2D eigenvalue weighted by Gasteiger charge is -2.63. The summed E-state index contributed by atoms with van der Waals surface area (Å²) in [7, 11) is 1.80. The van der Waals surface area contributed by atoms with Crippen molar-refractivity contribution in [2.45, 2.75) is 158 Å². The Labute approximate surface area is 268 Å². The van der Waals surface area contributed by atoms with Gasteiger partial charge < -0.3 is 40.5 Å². The first-order valence-electron chi connectivity index (χ1n) is 18.4. The van der Waals surface area contributed by atoms with Gasteiger partial charge in [0.2, 0.25) is 0 Å². The highest BCUT2D eigenvalue weighted by Gasteiger charge is 2.67. The highest BCUT2D eigenvalue weighted by atomic mass is 19.1. The third kappa shape index (κ3) is 6.28. The molecule has 0 bridgehead atoms. The summed E-state index contributed by atoms with van der Waals surface area (Å²) in [4.78, 5) is 0. The standard InChI is InChI=1S/C36H61FO8/c1-18(38)30-28(40)17-22-15-21-16-26-24(10-11-27(39)32(26)33(41)31(21)35(43)36(22,44)34(30)42)25-14-20(9-12-29(25)45-2)6-3-5-19-7-4-8-23(37)13-19/h18-35,38-44H,3-17H2,1-2H3/t18?,19?,20?,21-,22+,23?,24?,25?,26?,27?,28?,29?,30?,31?,32?,33?,34?,35?,36-/m1/s1. The molecule has 0 aromatic heterocycles. The molecule has 45 heavy (non-hydrogen) atoms. The Hall–Kier alpha value is -0.390. The number of halogens is 1. The maximum Gasteiger partial charge on any atom is 0.120 e. The van der Waals surface area contributed by atoms with Crippen molar-refractivity contribution in [3.8, 4) is 0 Å². The van der Waals surface area contributed by atoms with E-state index in [2.05, 4.69) is 0 Å². The molecule has 0 heterocycles. The van der Waals surface area contributed by atoms with Crippen molar-refractivity contribution in [3.05, 3.63) is 0 Å². The molecule has 6 rings (SSSR count). The van der Waals surface area contributed by atoms with Gasteiger partial charge in [-0.3, -0.25) is 0 Å². The molecule has 7 N–H and O–H groups in total. The van der Waals surface area contributed by atoms with Crippen LogP contribution in [0.1, 0.15) is 103 Å². The van der Waals surface area contributed by atoms with E-state index in [1.54, 1.807) is 7.11 Å². The van der Waals surface area contributed by atoms with Crippen LogP contribution >= 0.6 is 0 Å². The molecule has 6 fully saturated rings. The van der Waals surface area contributed by atoms with E-state index in [0.29, 0.717) is 37.0 Å². The zero-order chi connectivity index (χ0) is 32.2. The maximum atomic E-state index is 13.9. The van der Waals surface area contributed by atoms with E-state index >= 15 is 0 Å². The normalized spacial score (nSPS) is 54.4. The van der Waals surface area contributed by atoms with Gasteiger partial charge in [0.1, 0.15) is 11.8 Å². The fourth-order valence-electron chi connectivity index (χ4n) is 12.2. The van der Waals surface area contributed by atoms with Gasteiger partial charge in [0.15, 0.2) is 0 Å². The Morgan fingerprint density at radius 2 is 1.49 bits per heavy atom. The van der Waals surface area contributed by atoms with E-state index < -0.39 is 72.1 Å². The minimum atomic E-state index is -1.95. The monoisotopic (exact) mass is 640 g/mol. The number of fused-ring (bicyclic) bond motifs is 3.